The molecule has 0 aromatic heterocycles. The van der Waals surface area contributed by atoms with Crippen molar-refractivity contribution in [3.05, 3.63) is 157 Å². The number of hydrogen-bond donors (Lipinski definition) is 0. The molecule has 8 rings (SSSR count). The highest BCUT2D eigenvalue weighted by Gasteiger charge is 2.18. The Balaban J connectivity index is 1.61. The van der Waals surface area contributed by atoms with Crippen molar-refractivity contribution in [2.24, 2.45) is 0 Å². The van der Waals surface area contributed by atoms with Crippen LogP contribution in [0.2, 0.25) is 0 Å². The molecule has 8 aromatic carbocycles. The van der Waals surface area contributed by atoms with Crippen LogP contribution in [0, 0.1) is 0 Å². The lowest BCUT2D eigenvalue weighted by atomic mass is 9.84. The van der Waals surface area contributed by atoms with E-state index in [4.69, 9.17) is 9.60 Å². The van der Waals surface area contributed by atoms with Crippen LogP contribution in [-0.2, 0) is 0 Å². The van der Waals surface area contributed by atoms with Gasteiger partial charge in [-0.25, -0.2) is 0 Å². The second-order valence-electron chi connectivity index (χ2n) is 9.68. The monoisotopic (exact) mass is 517 g/mol. The van der Waals surface area contributed by atoms with Crippen LogP contribution in [0.5, 0.6) is 0 Å². The maximum atomic E-state index is 9.26. The fraction of sp³-hybridized carbons (Fsp3) is 0. The molecule has 40 heavy (non-hydrogen) atoms. The Kier molecular flexibility index (Phi) is 3.29. The van der Waals surface area contributed by atoms with E-state index in [1.54, 1.807) is 6.07 Å². The van der Waals surface area contributed by atoms with Gasteiger partial charge in [-0.05, 0) is 82.5 Å². The third kappa shape index (κ3) is 3.54. The summed E-state index contributed by atoms with van der Waals surface area (Å²) in [5, 5.41) is 3.78. The first-order valence-electron chi connectivity index (χ1n) is 18.5. The molecule has 0 N–H and O–H groups in total. The molecule has 0 nitrogen and oxygen atoms in total. The molecule has 0 radical (unpaired) electrons. The molecular formula is C40H26. The maximum Gasteiger partial charge on any atom is 0.0629 e. The van der Waals surface area contributed by atoms with E-state index >= 15 is 0 Å². The molecule has 0 spiro atoms. The predicted molar refractivity (Wildman–Crippen MR) is 173 cm³/mol. The molecule has 0 amide bonds. The Morgan fingerprint density at radius 2 is 0.925 bits per heavy atom. The summed E-state index contributed by atoms with van der Waals surface area (Å²) in [6.07, 6.45) is 0. The maximum absolute atomic E-state index is 9.26. The van der Waals surface area contributed by atoms with E-state index in [2.05, 4.69) is 12.1 Å². The quantitative estimate of drug-likeness (QED) is 0.204. The van der Waals surface area contributed by atoms with Crippen LogP contribution >= 0.6 is 0 Å². The highest BCUT2D eigenvalue weighted by atomic mass is 14.2. The molecule has 0 heterocycles. The smallest absolute Gasteiger partial charge is 0.0622 e. The zero-order chi connectivity index (χ0) is 36.0. The Bertz CT molecular complexity index is 2720. The van der Waals surface area contributed by atoms with Crippen molar-refractivity contribution in [2.45, 2.75) is 0 Å². The molecule has 0 saturated heterocycles. The van der Waals surface area contributed by atoms with Gasteiger partial charge in [0, 0.05) is 0 Å². The van der Waals surface area contributed by atoms with Crippen LogP contribution in [0.25, 0.3) is 76.5 Å². The summed E-state index contributed by atoms with van der Waals surface area (Å²) in [5.41, 5.74) is 2.78. The molecule has 0 atom stereocenters. The fourth-order valence-corrected chi connectivity index (χ4v) is 5.77. The molecule has 0 aliphatic rings. The van der Waals surface area contributed by atoms with Crippen LogP contribution in [0.1, 0.15) is 15.1 Å². The first kappa shape index (κ1) is 14.3. The Labute approximate surface area is 249 Å². The van der Waals surface area contributed by atoms with Crippen LogP contribution in [0.15, 0.2) is 157 Å². The number of hydrogen-bond acceptors (Lipinski definition) is 0. The van der Waals surface area contributed by atoms with Gasteiger partial charge in [0.05, 0.1) is 15.1 Å². The van der Waals surface area contributed by atoms with Crippen molar-refractivity contribution in [2.75, 3.05) is 0 Å². The minimum Gasteiger partial charge on any atom is -0.0622 e. The van der Waals surface area contributed by atoms with Gasteiger partial charge < -0.3 is 0 Å². The molecule has 0 aliphatic carbocycles. The third-order valence-electron chi connectivity index (χ3n) is 7.52. The van der Waals surface area contributed by atoms with Crippen LogP contribution in [0.3, 0.4) is 0 Å². The zero-order valence-electron chi connectivity index (χ0n) is 32.2. The van der Waals surface area contributed by atoms with Gasteiger partial charge in [-0.15, -0.1) is 0 Å². The number of rotatable bonds is 3. The first-order chi connectivity index (χ1) is 24.4. The minimum atomic E-state index is -0.536. The van der Waals surface area contributed by atoms with Crippen molar-refractivity contribution in [1.29, 1.82) is 0 Å². The van der Waals surface area contributed by atoms with E-state index in [1.165, 1.54) is 12.1 Å². The molecular weight excluding hydrogens is 480 g/mol. The SMILES string of the molecule is [2H]c1cc(-c2c3c([2H])c([2H])c([2H])c([2H])c3c(-c3cccc4c(-c5ccc6ccccc6c5)cccc34)c3c([2H])c([2H])c([2H])c([2H])c23)cc([2H])c1[2H]. The van der Waals surface area contributed by atoms with Gasteiger partial charge in [0.15, 0.2) is 0 Å². The lowest BCUT2D eigenvalue weighted by Crippen LogP contribution is -1.92. The van der Waals surface area contributed by atoms with E-state index < -0.39 is 48.3 Å². The summed E-state index contributed by atoms with van der Waals surface area (Å²) >= 11 is 0. The third-order valence-corrected chi connectivity index (χ3v) is 7.52. The second kappa shape index (κ2) is 9.22. The number of benzene rings is 8. The first-order valence-corrected chi connectivity index (χ1v) is 13.0. The summed E-state index contributed by atoms with van der Waals surface area (Å²) < 4.78 is 96.6. The van der Waals surface area contributed by atoms with Gasteiger partial charge in [0.25, 0.3) is 0 Å². The van der Waals surface area contributed by atoms with Gasteiger partial charge in [0.2, 0.25) is 0 Å². The van der Waals surface area contributed by atoms with Gasteiger partial charge in [0.1, 0.15) is 0 Å². The molecule has 0 saturated carbocycles. The predicted octanol–water partition coefficient (Wildman–Crippen LogP) is 11.3. The zero-order valence-corrected chi connectivity index (χ0v) is 21.2. The standard InChI is InChI=1S/C40H26/c1-2-13-28(14-3-1)39-35-16-6-8-18-37(35)40(38-19-9-7-17-36(38)39)34-23-11-21-32-31(20-10-22-33(32)34)30-25-24-27-12-4-5-15-29(27)26-30/h1-26H/i1D,2D,3D,6D,7D,8D,9D,16D,17D,18D,19D. The van der Waals surface area contributed by atoms with Crippen molar-refractivity contribution in [3.8, 4) is 33.4 Å². The van der Waals surface area contributed by atoms with E-state index in [-0.39, 0.29) is 56.4 Å². The van der Waals surface area contributed by atoms with Crippen molar-refractivity contribution >= 4 is 43.1 Å². The number of fused-ring (bicyclic) bond motifs is 4. The van der Waals surface area contributed by atoms with Crippen LogP contribution in [-0.4, -0.2) is 0 Å². The minimum absolute atomic E-state index is 0.00671. The lowest BCUT2D eigenvalue weighted by Gasteiger charge is -2.19. The summed E-state index contributed by atoms with van der Waals surface area (Å²) in [6.45, 7) is 0. The van der Waals surface area contributed by atoms with Crippen LogP contribution < -0.4 is 0 Å². The summed E-state index contributed by atoms with van der Waals surface area (Å²) in [5.74, 6) is 0. The Morgan fingerprint density at radius 3 is 1.60 bits per heavy atom. The Hall–Kier alpha value is -5.20. The summed E-state index contributed by atoms with van der Waals surface area (Å²) in [4.78, 5) is 0. The topological polar surface area (TPSA) is 0 Å². The second-order valence-corrected chi connectivity index (χ2v) is 9.68. The molecule has 0 aliphatic heterocycles. The van der Waals surface area contributed by atoms with Crippen molar-refractivity contribution < 1.29 is 15.1 Å². The molecule has 8 aromatic rings. The van der Waals surface area contributed by atoms with E-state index in [0.29, 0.717) is 10.9 Å². The fourth-order valence-electron chi connectivity index (χ4n) is 5.77. The Morgan fingerprint density at radius 1 is 0.350 bits per heavy atom. The van der Waals surface area contributed by atoms with Gasteiger partial charge in [-0.3, -0.25) is 0 Å². The van der Waals surface area contributed by atoms with Gasteiger partial charge >= 0.3 is 0 Å². The van der Waals surface area contributed by atoms with E-state index in [0.717, 1.165) is 27.3 Å². The molecule has 0 unspecified atom stereocenters. The highest BCUT2D eigenvalue weighted by Crippen LogP contribution is 2.46. The van der Waals surface area contributed by atoms with E-state index in [9.17, 15) is 5.48 Å². The van der Waals surface area contributed by atoms with Gasteiger partial charge in [-0.2, -0.15) is 0 Å². The van der Waals surface area contributed by atoms with Gasteiger partial charge in [-0.1, -0.05) is 151 Å². The van der Waals surface area contributed by atoms with Crippen molar-refractivity contribution in [1.82, 2.24) is 0 Å². The normalized spacial score (nSPS) is 15.3. The van der Waals surface area contributed by atoms with E-state index in [1.807, 2.05) is 60.7 Å². The highest BCUT2D eigenvalue weighted by molar-refractivity contribution is 6.24. The average molecular weight is 518 g/mol. The molecule has 0 heteroatoms. The van der Waals surface area contributed by atoms with Crippen molar-refractivity contribution in [3.63, 3.8) is 0 Å². The molecule has 0 fully saturated rings. The molecule has 0 bridgehead atoms. The summed E-state index contributed by atoms with van der Waals surface area (Å²) in [6, 6.07) is 23.5. The largest absolute Gasteiger partial charge is 0.0629 e. The van der Waals surface area contributed by atoms with Crippen LogP contribution in [0.4, 0.5) is 0 Å². The lowest BCUT2D eigenvalue weighted by molar-refractivity contribution is 1.65. The summed E-state index contributed by atoms with van der Waals surface area (Å²) in [7, 11) is 0. The average Bonchev–Trinajstić information content (AvgIpc) is 3.14. The molecule has 186 valence electrons.